The van der Waals surface area contributed by atoms with Gasteiger partial charge in [0.1, 0.15) is 11.5 Å². The number of carbonyl (C=O) groups excluding carboxylic acids is 3. The molecule has 3 aromatic carbocycles. The van der Waals surface area contributed by atoms with E-state index in [0.717, 1.165) is 22.3 Å². The topological polar surface area (TPSA) is 93.1 Å². The number of ketones is 1. The van der Waals surface area contributed by atoms with E-state index in [9.17, 15) is 19.5 Å². The van der Waals surface area contributed by atoms with E-state index in [4.69, 9.17) is 9.47 Å². The predicted octanol–water partition coefficient (Wildman–Crippen LogP) is 4.72. The molecule has 4 rings (SSSR count). The molecule has 1 fully saturated rings. The lowest BCUT2D eigenvalue weighted by Crippen LogP contribution is -2.29. The van der Waals surface area contributed by atoms with Crippen molar-refractivity contribution in [3.8, 4) is 5.75 Å². The Morgan fingerprint density at radius 2 is 1.58 bits per heavy atom. The van der Waals surface area contributed by atoms with Crippen molar-refractivity contribution in [3.05, 3.63) is 106 Å². The van der Waals surface area contributed by atoms with Gasteiger partial charge < -0.3 is 19.5 Å². The molecule has 0 radical (unpaired) electrons. The fourth-order valence-electron chi connectivity index (χ4n) is 4.50. The summed E-state index contributed by atoms with van der Waals surface area (Å²) < 4.78 is 10.1. The zero-order valence-corrected chi connectivity index (χ0v) is 20.6. The smallest absolute Gasteiger partial charge is 0.337 e. The molecule has 1 saturated heterocycles. The van der Waals surface area contributed by atoms with Crippen LogP contribution in [0.3, 0.4) is 0 Å². The Bertz CT molecular complexity index is 1370. The summed E-state index contributed by atoms with van der Waals surface area (Å²) in [6.45, 7) is 3.85. The van der Waals surface area contributed by atoms with Gasteiger partial charge in [-0.1, -0.05) is 36.4 Å². The van der Waals surface area contributed by atoms with Crippen molar-refractivity contribution >= 4 is 23.4 Å². The molecule has 1 aliphatic heterocycles. The highest BCUT2D eigenvalue weighted by molar-refractivity contribution is 6.46. The molecule has 1 atom stereocenters. The molecular weight excluding hydrogens is 458 g/mol. The van der Waals surface area contributed by atoms with Crippen molar-refractivity contribution in [2.45, 2.75) is 26.4 Å². The lowest BCUT2D eigenvalue weighted by atomic mass is 9.92. The minimum atomic E-state index is -0.783. The highest BCUT2D eigenvalue weighted by Crippen LogP contribution is 2.41. The molecule has 184 valence electrons. The van der Waals surface area contributed by atoms with E-state index >= 15 is 0 Å². The zero-order valence-electron chi connectivity index (χ0n) is 20.6. The summed E-state index contributed by atoms with van der Waals surface area (Å²) >= 11 is 0. The number of carbonyl (C=O) groups is 3. The number of ether oxygens (including phenoxy) is 2. The van der Waals surface area contributed by atoms with Gasteiger partial charge in [0, 0.05) is 12.1 Å². The standard InChI is InChI=1S/C29H27NO6/c1-17-7-5-6-8-22(17)25-24(26(31)21-13-14-23(35-3)18(2)15-21)27(32)28(33)30(25)16-19-9-11-20(12-10-19)29(34)36-4/h5-15,25,31H,16H2,1-4H3/b26-24+. The molecule has 0 aromatic heterocycles. The van der Waals surface area contributed by atoms with Gasteiger partial charge in [-0.05, 0) is 66.4 Å². The number of aliphatic hydroxyl groups excluding tert-OH is 1. The first-order valence-corrected chi connectivity index (χ1v) is 11.4. The molecule has 7 heteroatoms. The maximum absolute atomic E-state index is 13.3. The number of hydrogen-bond donors (Lipinski definition) is 1. The van der Waals surface area contributed by atoms with Gasteiger partial charge in [-0.25, -0.2) is 4.79 Å². The third kappa shape index (κ3) is 4.47. The number of nitrogens with zero attached hydrogens (tertiary/aromatic N) is 1. The number of aryl methyl sites for hydroxylation is 2. The largest absolute Gasteiger partial charge is 0.507 e. The number of methoxy groups -OCH3 is 2. The van der Waals surface area contributed by atoms with Gasteiger partial charge in [0.25, 0.3) is 11.7 Å². The van der Waals surface area contributed by atoms with Gasteiger partial charge in [-0.2, -0.15) is 0 Å². The summed E-state index contributed by atoms with van der Waals surface area (Å²) in [5.41, 5.74) is 3.98. The average molecular weight is 486 g/mol. The van der Waals surface area contributed by atoms with Crippen LogP contribution < -0.4 is 4.74 Å². The van der Waals surface area contributed by atoms with Crippen LogP contribution in [0, 0.1) is 13.8 Å². The Labute approximate surface area is 209 Å². The molecule has 1 N–H and O–H groups in total. The van der Waals surface area contributed by atoms with Crippen LogP contribution in [-0.4, -0.2) is 41.9 Å². The van der Waals surface area contributed by atoms with Crippen LogP contribution in [0.5, 0.6) is 5.75 Å². The quantitative estimate of drug-likeness (QED) is 0.235. The third-order valence-corrected chi connectivity index (χ3v) is 6.42. The second kappa shape index (κ2) is 10.1. The van der Waals surface area contributed by atoms with Gasteiger partial charge in [0.05, 0.1) is 31.4 Å². The number of esters is 1. The Kier molecular flexibility index (Phi) is 6.92. The maximum atomic E-state index is 13.3. The molecule has 1 amide bonds. The first-order chi connectivity index (χ1) is 17.3. The third-order valence-electron chi connectivity index (χ3n) is 6.42. The lowest BCUT2D eigenvalue weighted by Gasteiger charge is -2.26. The van der Waals surface area contributed by atoms with Crippen molar-refractivity contribution < 1.29 is 29.0 Å². The Balaban J connectivity index is 1.82. The fraction of sp³-hybridized carbons (Fsp3) is 0.207. The second-order valence-corrected chi connectivity index (χ2v) is 8.66. The summed E-state index contributed by atoms with van der Waals surface area (Å²) in [6.07, 6.45) is 0. The highest BCUT2D eigenvalue weighted by Gasteiger charge is 2.46. The van der Waals surface area contributed by atoms with E-state index in [2.05, 4.69) is 0 Å². The van der Waals surface area contributed by atoms with Gasteiger partial charge in [0.15, 0.2) is 0 Å². The number of likely N-dealkylation sites (tertiary alicyclic amines) is 1. The van der Waals surface area contributed by atoms with Crippen LogP contribution in [0.1, 0.15) is 44.2 Å². The van der Waals surface area contributed by atoms with E-state index in [1.807, 2.05) is 38.1 Å². The molecule has 3 aromatic rings. The molecule has 1 unspecified atom stereocenters. The van der Waals surface area contributed by atoms with Gasteiger partial charge >= 0.3 is 5.97 Å². The van der Waals surface area contributed by atoms with E-state index in [1.165, 1.54) is 12.0 Å². The van der Waals surface area contributed by atoms with Crippen LogP contribution in [0.25, 0.3) is 5.76 Å². The molecule has 1 aliphatic rings. The molecule has 0 saturated carbocycles. The van der Waals surface area contributed by atoms with E-state index < -0.39 is 23.7 Å². The van der Waals surface area contributed by atoms with E-state index in [0.29, 0.717) is 16.9 Å². The first-order valence-electron chi connectivity index (χ1n) is 11.4. The Hall–Kier alpha value is -4.39. The minimum Gasteiger partial charge on any atom is -0.507 e. The van der Waals surface area contributed by atoms with Crippen LogP contribution in [0.15, 0.2) is 72.3 Å². The van der Waals surface area contributed by atoms with Gasteiger partial charge in [-0.3, -0.25) is 9.59 Å². The highest BCUT2D eigenvalue weighted by atomic mass is 16.5. The summed E-state index contributed by atoms with van der Waals surface area (Å²) in [7, 11) is 2.87. The molecule has 1 heterocycles. The summed E-state index contributed by atoms with van der Waals surface area (Å²) in [5.74, 6) is -1.50. The molecular formula is C29H27NO6. The number of rotatable bonds is 6. The van der Waals surface area contributed by atoms with Crippen molar-refractivity contribution in [1.29, 1.82) is 0 Å². The predicted molar refractivity (Wildman–Crippen MR) is 135 cm³/mol. The van der Waals surface area contributed by atoms with E-state index in [1.54, 1.807) is 49.6 Å². The molecule has 0 spiro atoms. The molecule has 7 nitrogen and oxygen atoms in total. The Morgan fingerprint density at radius 1 is 0.917 bits per heavy atom. The fourth-order valence-corrected chi connectivity index (χ4v) is 4.50. The van der Waals surface area contributed by atoms with Crippen molar-refractivity contribution in [2.75, 3.05) is 14.2 Å². The van der Waals surface area contributed by atoms with Crippen LogP contribution in [-0.2, 0) is 20.9 Å². The number of amides is 1. The Morgan fingerprint density at radius 3 is 2.19 bits per heavy atom. The summed E-state index contributed by atoms with van der Waals surface area (Å²) in [5, 5.41) is 11.3. The molecule has 0 bridgehead atoms. The summed E-state index contributed by atoms with van der Waals surface area (Å²) in [6, 6.07) is 18.4. The van der Waals surface area contributed by atoms with Crippen LogP contribution in [0.4, 0.5) is 0 Å². The zero-order chi connectivity index (χ0) is 26.0. The van der Waals surface area contributed by atoms with Gasteiger partial charge in [0.2, 0.25) is 0 Å². The number of hydrogen-bond acceptors (Lipinski definition) is 6. The SMILES string of the molecule is COC(=O)c1ccc(CN2C(=O)C(=O)/C(=C(/O)c3ccc(OC)c(C)c3)C2c2ccccc2C)cc1. The normalized spacial score (nSPS) is 16.8. The first kappa shape index (κ1) is 24.7. The number of benzene rings is 3. The van der Waals surface area contributed by atoms with Crippen molar-refractivity contribution in [2.24, 2.45) is 0 Å². The molecule has 36 heavy (non-hydrogen) atoms. The molecule has 0 aliphatic carbocycles. The summed E-state index contributed by atoms with van der Waals surface area (Å²) in [4.78, 5) is 39.8. The average Bonchev–Trinajstić information content (AvgIpc) is 3.13. The van der Waals surface area contributed by atoms with Crippen LogP contribution in [0.2, 0.25) is 0 Å². The van der Waals surface area contributed by atoms with Gasteiger partial charge in [-0.15, -0.1) is 0 Å². The lowest BCUT2D eigenvalue weighted by molar-refractivity contribution is -0.140. The van der Waals surface area contributed by atoms with E-state index in [-0.39, 0.29) is 17.9 Å². The minimum absolute atomic E-state index is 0.0325. The maximum Gasteiger partial charge on any atom is 0.337 e. The number of Topliss-reactive ketones (excluding diaryl/α,β-unsaturated/α-hetero) is 1. The monoisotopic (exact) mass is 485 g/mol. The number of aliphatic hydroxyl groups is 1. The van der Waals surface area contributed by atoms with Crippen molar-refractivity contribution in [1.82, 2.24) is 4.90 Å². The second-order valence-electron chi connectivity index (χ2n) is 8.66. The van der Waals surface area contributed by atoms with Crippen LogP contribution >= 0.6 is 0 Å². The van der Waals surface area contributed by atoms with Crippen molar-refractivity contribution in [3.63, 3.8) is 0 Å².